The van der Waals surface area contributed by atoms with Gasteiger partial charge in [-0.2, -0.15) is 0 Å². The normalized spacial score (nSPS) is 10.5. The number of amides is 1. The zero-order chi connectivity index (χ0) is 12.7. The molecule has 1 rings (SSSR count). The molecule has 5 nitrogen and oxygen atoms in total. The second-order valence-electron chi connectivity index (χ2n) is 3.35. The minimum Gasteiger partial charge on any atom is -0.465 e. The number of hydrogen-bond acceptors (Lipinski definition) is 4. The van der Waals surface area contributed by atoms with E-state index < -0.39 is 5.97 Å². The van der Waals surface area contributed by atoms with Crippen molar-refractivity contribution in [2.75, 3.05) is 20.2 Å². The van der Waals surface area contributed by atoms with E-state index in [-0.39, 0.29) is 12.5 Å². The first-order chi connectivity index (χ1) is 8.13. The van der Waals surface area contributed by atoms with Crippen LogP contribution in [0.1, 0.15) is 12.7 Å². The van der Waals surface area contributed by atoms with Gasteiger partial charge in [-0.25, -0.2) is 0 Å². The number of nitrogens with zero attached hydrogens (tertiary/aromatic N) is 1. The highest BCUT2D eigenvalue weighted by molar-refractivity contribution is 5.93. The molecule has 0 aliphatic carbocycles. The third-order valence-corrected chi connectivity index (χ3v) is 1.98. The summed E-state index contributed by atoms with van der Waals surface area (Å²) in [6, 6.07) is 3.46. The number of furan rings is 1. The van der Waals surface area contributed by atoms with Crippen molar-refractivity contribution in [2.45, 2.75) is 6.92 Å². The molecule has 0 aliphatic heterocycles. The van der Waals surface area contributed by atoms with Crippen LogP contribution >= 0.6 is 0 Å². The Labute approximate surface area is 99.7 Å². The molecule has 17 heavy (non-hydrogen) atoms. The molecule has 1 amide bonds. The van der Waals surface area contributed by atoms with Gasteiger partial charge in [-0.05, 0) is 25.1 Å². The van der Waals surface area contributed by atoms with Crippen LogP contribution in [0.4, 0.5) is 0 Å². The zero-order valence-electron chi connectivity index (χ0n) is 9.88. The number of rotatable bonds is 5. The fourth-order valence-corrected chi connectivity index (χ4v) is 1.14. The maximum atomic E-state index is 11.6. The van der Waals surface area contributed by atoms with Crippen LogP contribution in [0.5, 0.6) is 0 Å². The molecule has 92 valence electrons. The third-order valence-electron chi connectivity index (χ3n) is 1.98. The van der Waals surface area contributed by atoms with Gasteiger partial charge in [0.25, 0.3) is 0 Å². The highest BCUT2D eigenvalue weighted by Crippen LogP contribution is 2.02. The number of esters is 1. The zero-order valence-corrected chi connectivity index (χ0v) is 9.88. The van der Waals surface area contributed by atoms with Gasteiger partial charge in [0.2, 0.25) is 5.91 Å². The third kappa shape index (κ3) is 4.55. The Hall–Kier alpha value is -2.04. The van der Waals surface area contributed by atoms with Gasteiger partial charge < -0.3 is 14.1 Å². The fourth-order valence-electron chi connectivity index (χ4n) is 1.14. The standard InChI is InChI=1S/C12H15NO4/c1-3-16-12(15)9-13(2)11(14)7-6-10-5-4-8-17-10/h4-8H,3,9H2,1-2H3/b7-6+. The molecule has 0 saturated heterocycles. The van der Waals surface area contributed by atoms with Crippen molar-refractivity contribution in [3.8, 4) is 0 Å². The first-order valence-corrected chi connectivity index (χ1v) is 5.25. The second-order valence-corrected chi connectivity index (χ2v) is 3.35. The quantitative estimate of drug-likeness (QED) is 0.572. The lowest BCUT2D eigenvalue weighted by Gasteiger charge is -2.13. The fraction of sp³-hybridized carbons (Fsp3) is 0.333. The van der Waals surface area contributed by atoms with Gasteiger partial charge in [-0.15, -0.1) is 0 Å². The molecule has 0 aromatic carbocycles. The Kier molecular flexibility index (Phi) is 5.00. The van der Waals surface area contributed by atoms with E-state index in [9.17, 15) is 9.59 Å². The summed E-state index contributed by atoms with van der Waals surface area (Å²) in [7, 11) is 1.53. The Morgan fingerprint density at radius 1 is 1.53 bits per heavy atom. The van der Waals surface area contributed by atoms with Crippen LogP contribution in [0.2, 0.25) is 0 Å². The number of ether oxygens (including phenoxy) is 1. The second kappa shape index (κ2) is 6.52. The van der Waals surface area contributed by atoms with Crippen LogP contribution in [0.25, 0.3) is 6.08 Å². The lowest BCUT2D eigenvalue weighted by atomic mass is 10.3. The van der Waals surface area contributed by atoms with Crippen LogP contribution < -0.4 is 0 Å². The SMILES string of the molecule is CCOC(=O)CN(C)C(=O)/C=C/c1ccco1. The van der Waals surface area contributed by atoms with Crippen molar-refractivity contribution >= 4 is 18.0 Å². The predicted molar refractivity (Wildman–Crippen MR) is 62.0 cm³/mol. The average molecular weight is 237 g/mol. The molecule has 0 radical (unpaired) electrons. The summed E-state index contributed by atoms with van der Waals surface area (Å²) in [6.45, 7) is 1.97. The van der Waals surface area contributed by atoms with E-state index in [0.29, 0.717) is 12.4 Å². The van der Waals surface area contributed by atoms with Crippen molar-refractivity contribution in [1.82, 2.24) is 4.90 Å². The van der Waals surface area contributed by atoms with Gasteiger partial charge in [0.05, 0.1) is 12.9 Å². The van der Waals surface area contributed by atoms with Crippen LogP contribution in [-0.2, 0) is 14.3 Å². The Morgan fingerprint density at radius 3 is 2.88 bits per heavy atom. The van der Waals surface area contributed by atoms with E-state index >= 15 is 0 Å². The van der Waals surface area contributed by atoms with Crippen LogP contribution in [0.15, 0.2) is 28.9 Å². The number of carbonyl (C=O) groups is 2. The van der Waals surface area contributed by atoms with E-state index in [1.165, 1.54) is 24.3 Å². The van der Waals surface area contributed by atoms with Crippen molar-refractivity contribution < 1.29 is 18.7 Å². The lowest BCUT2D eigenvalue weighted by molar-refractivity contribution is -0.146. The lowest BCUT2D eigenvalue weighted by Crippen LogP contribution is -2.31. The maximum absolute atomic E-state index is 11.6. The highest BCUT2D eigenvalue weighted by Gasteiger charge is 2.10. The molecule has 1 heterocycles. The largest absolute Gasteiger partial charge is 0.465 e. The van der Waals surface area contributed by atoms with Gasteiger partial charge in [0, 0.05) is 13.1 Å². The number of hydrogen-bond donors (Lipinski definition) is 0. The number of carbonyl (C=O) groups excluding carboxylic acids is 2. The molecule has 1 aromatic heterocycles. The summed E-state index contributed by atoms with van der Waals surface area (Å²) in [4.78, 5) is 24.0. The minimum absolute atomic E-state index is 0.0603. The van der Waals surface area contributed by atoms with Gasteiger partial charge >= 0.3 is 5.97 Å². The predicted octanol–water partition coefficient (Wildman–Crippen LogP) is 1.31. The van der Waals surface area contributed by atoms with E-state index in [0.717, 1.165) is 0 Å². The summed E-state index contributed by atoms with van der Waals surface area (Å²) in [5.74, 6) is -0.118. The summed E-state index contributed by atoms with van der Waals surface area (Å²) < 4.78 is 9.77. The van der Waals surface area contributed by atoms with Crippen molar-refractivity contribution in [1.29, 1.82) is 0 Å². The molecule has 0 N–H and O–H groups in total. The van der Waals surface area contributed by atoms with E-state index in [1.54, 1.807) is 25.1 Å². The topological polar surface area (TPSA) is 59.8 Å². The molecule has 0 spiro atoms. The summed E-state index contributed by atoms with van der Waals surface area (Å²) in [5, 5.41) is 0. The Morgan fingerprint density at radius 2 is 2.29 bits per heavy atom. The minimum atomic E-state index is -0.422. The van der Waals surface area contributed by atoms with Gasteiger partial charge in [0.15, 0.2) is 0 Å². The molecule has 1 aromatic rings. The van der Waals surface area contributed by atoms with Crippen LogP contribution in [-0.4, -0.2) is 37.0 Å². The molecule has 0 unspecified atom stereocenters. The first kappa shape index (κ1) is 13.0. The Bertz CT molecular complexity index is 395. The molecule has 0 bridgehead atoms. The van der Waals surface area contributed by atoms with Gasteiger partial charge in [0.1, 0.15) is 12.3 Å². The first-order valence-electron chi connectivity index (χ1n) is 5.25. The van der Waals surface area contributed by atoms with Gasteiger partial charge in [-0.1, -0.05) is 0 Å². The Balaban J connectivity index is 2.44. The molecule has 0 saturated carbocycles. The smallest absolute Gasteiger partial charge is 0.325 e. The van der Waals surface area contributed by atoms with Crippen molar-refractivity contribution in [2.24, 2.45) is 0 Å². The molecule has 0 atom stereocenters. The molecular weight excluding hydrogens is 222 g/mol. The molecule has 0 fully saturated rings. The van der Waals surface area contributed by atoms with Crippen molar-refractivity contribution in [3.05, 3.63) is 30.2 Å². The summed E-state index contributed by atoms with van der Waals surface area (Å²) >= 11 is 0. The van der Waals surface area contributed by atoms with Crippen LogP contribution in [0.3, 0.4) is 0 Å². The highest BCUT2D eigenvalue weighted by atomic mass is 16.5. The maximum Gasteiger partial charge on any atom is 0.325 e. The number of likely N-dealkylation sites (N-methyl/N-ethyl adjacent to an activating group) is 1. The monoisotopic (exact) mass is 237 g/mol. The molecular formula is C12H15NO4. The summed E-state index contributed by atoms with van der Waals surface area (Å²) in [6.07, 6.45) is 4.41. The van der Waals surface area contributed by atoms with Gasteiger partial charge in [-0.3, -0.25) is 9.59 Å². The molecule has 5 heteroatoms. The summed E-state index contributed by atoms with van der Waals surface area (Å²) in [5.41, 5.74) is 0. The van der Waals surface area contributed by atoms with Crippen LogP contribution in [0, 0.1) is 0 Å². The van der Waals surface area contributed by atoms with E-state index in [2.05, 4.69) is 0 Å². The van der Waals surface area contributed by atoms with Crippen molar-refractivity contribution in [3.63, 3.8) is 0 Å². The average Bonchev–Trinajstić information content (AvgIpc) is 2.78. The molecule has 0 aliphatic rings. The van der Waals surface area contributed by atoms with E-state index in [4.69, 9.17) is 9.15 Å². The van der Waals surface area contributed by atoms with E-state index in [1.807, 2.05) is 0 Å².